The molecule has 94 valence electrons. The normalized spacial score (nSPS) is 10.4. The second kappa shape index (κ2) is 4.94. The number of hydrogen-bond acceptors (Lipinski definition) is 2. The van der Waals surface area contributed by atoms with Gasteiger partial charge in [-0.2, -0.15) is 0 Å². The van der Waals surface area contributed by atoms with Crippen LogP contribution in [0.3, 0.4) is 0 Å². The Balaban J connectivity index is 2.46. The van der Waals surface area contributed by atoms with Crippen molar-refractivity contribution in [3.8, 4) is 0 Å². The molecule has 0 amide bonds. The molecule has 5 heteroatoms. The van der Waals surface area contributed by atoms with Gasteiger partial charge < -0.3 is 11.1 Å². The highest BCUT2D eigenvalue weighted by Crippen LogP contribution is 2.30. The van der Waals surface area contributed by atoms with E-state index in [0.717, 1.165) is 16.1 Å². The molecule has 0 unspecified atom stereocenters. The van der Waals surface area contributed by atoms with Crippen LogP contribution < -0.4 is 11.1 Å². The molecule has 0 saturated carbocycles. The topological polar surface area (TPSA) is 38.0 Å². The third-order valence-corrected chi connectivity index (χ3v) is 3.08. The molecule has 2 nitrogen and oxygen atoms in total. The van der Waals surface area contributed by atoms with Gasteiger partial charge in [-0.15, -0.1) is 0 Å². The van der Waals surface area contributed by atoms with E-state index in [1.165, 1.54) is 6.07 Å². The molecule has 2 rings (SSSR count). The maximum Gasteiger partial charge on any atom is 0.184 e. The van der Waals surface area contributed by atoms with Gasteiger partial charge in [0.1, 0.15) is 5.69 Å². The van der Waals surface area contributed by atoms with Gasteiger partial charge in [0.2, 0.25) is 0 Å². The molecule has 0 atom stereocenters. The van der Waals surface area contributed by atoms with Crippen LogP contribution in [-0.2, 0) is 0 Å². The molecule has 0 aromatic heterocycles. The zero-order valence-corrected chi connectivity index (χ0v) is 11.2. The highest BCUT2D eigenvalue weighted by molar-refractivity contribution is 9.10. The summed E-state index contributed by atoms with van der Waals surface area (Å²) in [7, 11) is 0. The number of halogens is 3. The number of nitrogen functional groups attached to an aromatic ring is 1. The summed E-state index contributed by atoms with van der Waals surface area (Å²) in [5.74, 6) is -1.91. The molecule has 0 aliphatic rings. The molecule has 0 bridgehead atoms. The van der Waals surface area contributed by atoms with Crippen LogP contribution >= 0.6 is 15.9 Å². The minimum absolute atomic E-state index is 0.0452. The molecule has 0 heterocycles. The molecule has 2 aromatic rings. The van der Waals surface area contributed by atoms with Gasteiger partial charge in [-0.1, -0.05) is 22.0 Å². The largest absolute Gasteiger partial charge is 0.397 e. The van der Waals surface area contributed by atoms with E-state index >= 15 is 0 Å². The van der Waals surface area contributed by atoms with Crippen LogP contribution in [0.2, 0.25) is 0 Å². The first-order valence-corrected chi connectivity index (χ1v) is 6.05. The molecule has 0 radical (unpaired) electrons. The Hall–Kier alpha value is -1.62. The first-order valence-electron chi connectivity index (χ1n) is 5.25. The SMILES string of the molecule is Cc1ccc(Br)cc1Nc1c(N)ccc(F)c1F. The van der Waals surface area contributed by atoms with E-state index in [0.29, 0.717) is 5.69 Å². The average molecular weight is 313 g/mol. The first-order chi connectivity index (χ1) is 8.49. The molecule has 3 N–H and O–H groups in total. The first kappa shape index (κ1) is 12.8. The van der Waals surface area contributed by atoms with Crippen LogP contribution in [0.5, 0.6) is 0 Å². The highest BCUT2D eigenvalue weighted by atomic mass is 79.9. The van der Waals surface area contributed by atoms with Crippen molar-refractivity contribution in [2.45, 2.75) is 6.92 Å². The van der Waals surface area contributed by atoms with Gasteiger partial charge in [0.05, 0.1) is 5.69 Å². The molecule has 0 fully saturated rings. The van der Waals surface area contributed by atoms with E-state index in [2.05, 4.69) is 21.2 Å². The second-order valence-corrected chi connectivity index (χ2v) is 4.83. The van der Waals surface area contributed by atoms with E-state index in [9.17, 15) is 8.78 Å². The maximum atomic E-state index is 13.7. The third-order valence-electron chi connectivity index (χ3n) is 2.59. The number of rotatable bonds is 2. The van der Waals surface area contributed by atoms with Gasteiger partial charge in [-0.05, 0) is 36.8 Å². The fourth-order valence-corrected chi connectivity index (χ4v) is 1.92. The monoisotopic (exact) mass is 312 g/mol. The number of nitrogens with one attached hydrogen (secondary N) is 1. The van der Waals surface area contributed by atoms with Crippen LogP contribution in [0.4, 0.5) is 25.8 Å². The van der Waals surface area contributed by atoms with Crippen LogP contribution in [0.25, 0.3) is 0 Å². The van der Waals surface area contributed by atoms with Crippen LogP contribution in [0.15, 0.2) is 34.8 Å². The van der Waals surface area contributed by atoms with Crippen molar-refractivity contribution in [1.82, 2.24) is 0 Å². The van der Waals surface area contributed by atoms with E-state index in [-0.39, 0.29) is 11.4 Å². The summed E-state index contributed by atoms with van der Waals surface area (Å²) >= 11 is 3.32. The van der Waals surface area contributed by atoms with Gasteiger partial charge in [0, 0.05) is 10.2 Å². The van der Waals surface area contributed by atoms with Crippen LogP contribution in [0, 0.1) is 18.6 Å². The van der Waals surface area contributed by atoms with E-state index < -0.39 is 11.6 Å². The molecular formula is C13H11BrF2N2. The fraction of sp³-hybridized carbons (Fsp3) is 0.0769. The van der Waals surface area contributed by atoms with Gasteiger partial charge in [-0.25, -0.2) is 8.78 Å². The van der Waals surface area contributed by atoms with Crippen molar-refractivity contribution < 1.29 is 8.78 Å². The smallest absolute Gasteiger partial charge is 0.184 e. The number of aryl methyl sites for hydroxylation is 1. The Kier molecular flexibility index (Phi) is 3.52. The van der Waals surface area contributed by atoms with Crippen molar-refractivity contribution in [2.24, 2.45) is 0 Å². The second-order valence-electron chi connectivity index (χ2n) is 3.91. The van der Waals surface area contributed by atoms with Crippen molar-refractivity contribution in [2.75, 3.05) is 11.1 Å². The number of anilines is 3. The fourth-order valence-electron chi connectivity index (χ4n) is 1.56. The molecule has 0 saturated heterocycles. The zero-order valence-electron chi connectivity index (χ0n) is 9.60. The van der Waals surface area contributed by atoms with Crippen molar-refractivity contribution in [3.63, 3.8) is 0 Å². The maximum absolute atomic E-state index is 13.7. The molecule has 18 heavy (non-hydrogen) atoms. The number of nitrogens with two attached hydrogens (primary N) is 1. The average Bonchev–Trinajstić information content (AvgIpc) is 2.34. The Bertz CT molecular complexity index is 600. The quantitative estimate of drug-likeness (QED) is 0.808. The van der Waals surface area contributed by atoms with E-state index in [1.54, 1.807) is 6.07 Å². The summed E-state index contributed by atoms with van der Waals surface area (Å²) in [6.07, 6.45) is 0. The van der Waals surface area contributed by atoms with Gasteiger partial charge >= 0.3 is 0 Å². The Morgan fingerprint density at radius 1 is 1.17 bits per heavy atom. The number of benzene rings is 2. The highest BCUT2D eigenvalue weighted by Gasteiger charge is 2.12. The lowest BCUT2D eigenvalue weighted by atomic mass is 10.2. The summed E-state index contributed by atoms with van der Waals surface area (Å²) in [5.41, 5.74) is 7.33. The van der Waals surface area contributed by atoms with E-state index in [4.69, 9.17) is 5.73 Å². The Labute approximate surface area is 112 Å². The number of hydrogen-bond donors (Lipinski definition) is 2. The van der Waals surface area contributed by atoms with Gasteiger partial charge in [0.25, 0.3) is 0 Å². The molecule has 0 aliphatic heterocycles. The molecular weight excluding hydrogens is 302 g/mol. The van der Waals surface area contributed by atoms with Crippen molar-refractivity contribution in [1.29, 1.82) is 0 Å². The lowest BCUT2D eigenvalue weighted by Crippen LogP contribution is -2.02. The summed E-state index contributed by atoms with van der Waals surface area (Å²) in [5, 5.41) is 2.82. The zero-order chi connectivity index (χ0) is 13.3. The predicted molar refractivity (Wildman–Crippen MR) is 72.9 cm³/mol. The predicted octanol–water partition coefficient (Wildman–Crippen LogP) is 4.36. The summed E-state index contributed by atoms with van der Waals surface area (Å²) < 4.78 is 27.7. The molecule has 0 spiro atoms. The van der Waals surface area contributed by atoms with E-state index in [1.807, 2.05) is 19.1 Å². The Morgan fingerprint density at radius 2 is 1.89 bits per heavy atom. The molecule has 2 aromatic carbocycles. The van der Waals surface area contributed by atoms with Gasteiger partial charge in [0.15, 0.2) is 11.6 Å². The van der Waals surface area contributed by atoms with Crippen molar-refractivity contribution >= 4 is 33.0 Å². The Morgan fingerprint density at radius 3 is 2.61 bits per heavy atom. The minimum Gasteiger partial charge on any atom is -0.397 e. The van der Waals surface area contributed by atoms with Crippen molar-refractivity contribution in [3.05, 3.63) is 52.0 Å². The third kappa shape index (κ3) is 2.46. The van der Waals surface area contributed by atoms with Crippen LogP contribution in [0.1, 0.15) is 5.56 Å². The summed E-state index contributed by atoms with van der Waals surface area (Å²) in [4.78, 5) is 0. The minimum atomic E-state index is -0.977. The van der Waals surface area contributed by atoms with Crippen LogP contribution in [-0.4, -0.2) is 0 Å². The molecule has 0 aliphatic carbocycles. The standard InChI is InChI=1S/C13H11BrF2N2/c1-7-2-3-8(14)6-11(7)18-13-10(17)5-4-9(15)12(13)16/h2-6,18H,17H2,1H3. The lowest BCUT2D eigenvalue weighted by molar-refractivity contribution is 0.512. The summed E-state index contributed by atoms with van der Waals surface area (Å²) in [6.45, 7) is 1.86. The summed E-state index contributed by atoms with van der Waals surface area (Å²) in [6, 6.07) is 7.84. The lowest BCUT2D eigenvalue weighted by Gasteiger charge is -2.13. The van der Waals surface area contributed by atoms with Gasteiger partial charge in [-0.3, -0.25) is 0 Å².